The Morgan fingerprint density at radius 1 is 1.32 bits per heavy atom. The number of esters is 1. The summed E-state index contributed by atoms with van der Waals surface area (Å²) in [7, 11) is 0. The molecule has 0 saturated heterocycles. The van der Waals surface area contributed by atoms with Gasteiger partial charge in [-0.05, 0) is 37.5 Å². The number of hydrogen-bond acceptors (Lipinski definition) is 4. The predicted molar refractivity (Wildman–Crippen MR) is 80.2 cm³/mol. The van der Waals surface area contributed by atoms with E-state index < -0.39 is 0 Å². The molecule has 0 aliphatic rings. The van der Waals surface area contributed by atoms with Crippen molar-refractivity contribution in [1.82, 2.24) is 9.55 Å². The van der Waals surface area contributed by atoms with Crippen molar-refractivity contribution in [3.63, 3.8) is 0 Å². The lowest BCUT2D eigenvalue weighted by Gasteiger charge is -2.07. The van der Waals surface area contributed by atoms with Crippen molar-refractivity contribution in [2.45, 2.75) is 45.6 Å². The molecule has 4 nitrogen and oxygen atoms in total. The van der Waals surface area contributed by atoms with Gasteiger partial charge in [-0.15, -0.1) is 0 Å². The fourth-order valence-electron chi connectivity index (χ4n) is 1.68. The van der Waals surface area contributed by atoms with E-state index in [1.807, 2.05) is 10.6 Å². The highest BCUT2D eigenvalue weighted by Crippen LogP contribution is 2.04. The standard InChI is InChI=1S/C13H20N2O2S2/c1-2-12(16)17-10-6-4-3-5-9-15-11(18)7-8-14-13(15)19/h7-8H,2-6,9-10H2,1H3,(H,14,19). The summed E-state index contributed by atoms with van der Waals surface area (Å²) >= 11 is 10.4. The van der Waals surface area contributed by atoms with Crippen LogP contribution in [0.5, 0.6) is 0 Å². The molecule has 0 amide bonds. The largest absolute Gasteiger partial charge is 0.466 e. The van der Waals surface area contributed by atoms with E-state index in [1.54, 1.807) is 13.1 Å². The summed E-state index contributed by atoms with van der Waals surface area (Å²) in [6.45, 7) is 3.16. The van der Waals surface area contributed by atoms with Crippen molar-refractivity contribution in [3.8, 4) is 0 Å². The fourth-order valence-corrected chi connectivity index (χ4v) is 2.24. The topological polar surface area (TPSA) is 47.0 Å². The second kappa shape index (κ2) is 8.98. The van der Waals surface area contributed by atoms with Crippen LogP contribution in [0.2, 0.25) is 0 Å². The van der Waals surface area contributed by atoms with Gasteiger partial charge in [0, 0.05) is 19.2 Å². The van der Waals surface area contributed by atoms with Gasteiger partial charge in [-0.3, -0.25) is 4.79 Å². The van der Waals surface area contributed by atoms with E-state index in [-0.39, 0.29) is 5.97 Å². The van der Waals surface area contributed by atoms with Crippen molar-refractivity contribution in [2.24, 2.45) is 0 Å². The summed E-state index contributed by atoms with van der Waals surface area (Å²) in [4.78, 5) is 13.9. The Morgan fingerprint density at radius 3 is 2.74 bits per heavy atom. The van der Waals surface area contributed by atoms with E-state index >= 15 is 0 Å². The Labute approximate surface area is 123 Å². The van der Waals surface area contributed by atoms with Gasteiger partial charge in [-0.2, -0.15) is 0 Å². The van der Waals surface area contributed by atoms with Crippen LogP contribution in [0.1, 0.15) is 39.0 Å². The number of nitrogens with zero attached hydrogens (tertiary/aromatic N) is 1. The van der Waals surface area contributed by atoms with Crippen LogP contribution in [0.3, 0.4) is 0 Å². The molecule has 0 unspecified atom stereocenters. The van der Waals surface area contributed by atoms with E-state index in [1.165, 1.54) is 0 Å². The molecular weight excluding hydrogens is 280 g/mol. The number of hydrogen-bond donors (Lipinski definition) is 1. The van der Waals surface area contributed by atoms with Crippen LogP contribution in [0.15, 0.2) is 12.3 Å². The molecule has 1 aromatic rings. The maximum Gasteiger partial charge on any atom is 0.305 e. The predicted octanol–water partition coefficient (Wildman–Crippen LogP) is 3.79. The van der Waals surface area contributed by atoms with Gasteiger partial charge in [0.05, 0.1) is 6.61 Å². The highest BCUT2D eigenvalue weighted by molar-refractivity contribution is 7.72. The van der Waals surface area contributed by atoms with Crippen molar-refractivity contribution < 1.29 is 9.53 Å². The smallest absolute Gasteiger partial charge is 0.305 e. The van der Waals surface area contributed by atoms with Gasteiger partial charge in [0.1, 0.15) is 4.64 Å². The number of unbranched alkanes of at least 4 members (excludes halogenated alkanes) is 3. The van der Waals surface area contributed by atoms with Crippen molar-refractivity contribution in [1.29, 1.82) is 0 Å². The van der Waals surface area contributed by atoms with Gasteiger partial charge in [-0.1, -0.05) is 25.6 Å². The fraction of sp³-hybridized carbons (Fsp3) is 0.615. The third kappa shape index (κ3) is 6.11. The van der Waals surface area contributed by atoms with Gasteiger partial charge in [0.15, 0.2) is 4.77 Å². The molecule has 0 fully saturated rings. The number of carbonyl (C=O) groups excluding carboxylic acids is 1. The first-order valence-electron chi connectivity index (χ1n) is 6.59. The SMILES string of the molecule is CCC(=O)OCCCCCCn1c(=S)cc[nH]c1=S. The average molecular weight is 300 g/mol. The molecule has 1 N–H and O–H groups in total. The lowest BCUT2D eigenvalue weighted by molar-refractivity contribution is -0.143. The highest BCUT2D eigenvalue weighted by Gasteiger charge is 1.98. The zero-order chi connectivity index (χ0) is 14.1. The maximum absolute atomic E-state index is 10.9. The summed E-state index contributed by atoms with van der Waals surface area (Å²) in [6.07, 6.45) is 6.28. The average Bonchev–Trinajstić information content (AvgIpc) is 2.40. The zero-order valence-corrected chi connectivity index (χ0v) is 12.8. The Balaban J connectivity index is 2.16. The Hall–Kier alpha value is -1.01. The third-order valence-electron chi connectivity index (χ3n) is 2.77. The Morgan fingerprint density at radius 2 is 2.05 bits per heavy atom. The number of carbonyl (C=O) groups is 1. The lowest BCUT2D eigenvalue weighted by Crippen LogP contribution is -2.05. The summed E-state index contributed by atoms with van der Waals surface area (Å²) < 4.78 is 8.38. The quantitative estimate of drug-likeness (QED) is 0.451. The molecule has 0 aliphatic heterocycles. The molecule has 0 radical (unpaired) electrons. The second-order valence-corrected chi connectivity index (χ2v) is 5.07. The van der Waals surface area contributed by atoms with Crippen LogP contribution in [-0.4, -0.2) is 22.1 Å². The third-order valence-corrected chi connectivity index (χ3v) is 3.47. The second-order valence-electron chi connectivity index (χ2n) is 4.26. The van der Waals surface area contributed by atoms with Crippen molar-refractivity contribution in [2.75, 3.05) is 6.61 Å². The first kappa shape index (κ1) is 16.0. The van der Waals surface area contributed by atoms with Crippen LogP contribution in [0.25, 0.3) is 0 Å². The Kier molecular flexibility index (Phi) is 7.59. The first-order chi connectivity index (χ1) is 9.15. The number of H-pyrrole nitrogens is 1. The number of nitrogens with one attached hydrogen (secondary N) is 1. The van der Waals surface area contributed by atoms with Crippen LogP contribution >= 0.6 is 24.4 Å². The molecule has 0 aliphatic carbocycles. The number of aromatic nitrogens is 2. The minimum atomic E-state index is -0.123. The van der Waals surface area contributed by atoms with E-state index in [9.17, 15) is 4.79 Å². The number of rotatable bonds is 8. The molecule has 1 heterocycles. The maximum atomic E-state index is 10.9. The highest BCUT2D eigenvalue weighted by atomic mass is 32.1. The van der Waals surface area contributed by atoms with Gasteiger partial charge in [-0.25, -0.2) is 0 Å². The van der Waals surface area contributed by atoms with Crippen molar-refractivity contribution >= 4 is 30.4 Å². The molecule has 0 bridgehead atoms. The number of aromatic amines is 1. The zero-order valence-electron chi connectivity index (χ0n) is 11.2. The normalized spacial score (nSPS) is 10.4. The number of ether oxygens (including phenoxy) is 1. The monoisotopic (exact) mass is 300 g/mol. The van der Waals surface area contributed by atoms with Crippen LogP contribution in [-0.2, 0) is 16.1 Å². The van der Waals surface area contributed by atoms with Gasteiger partial charge >= 0.3 is 5.97 Å². The summed E-state index contributed by atoms with van der Waals surface area (Å²) in [6, 6.07) is 1.84. The Bertz CT molecular complexity index is 480. The van der Waals surface area contributed by atoms with Crippen molar-refractivity contribution in [3.05, 3.63) is 21.7 Å². The van der Waals surface area contributed by atoms with E-state index in [4.69, 9.17) is 29.2 Å². The molecule has 19 heavy (non-hydrogen) atoms. The molecule has 1 rings (SSSR count). The van der Waals surface area contributed by atoms with E-state index in [2.05, 4.69) is 4.98 Å². The molecule has 6 heteroatoms. The minimum absolute atomic E-state index is 0.123. The molecule has 106 valence electrons. The molecule has 0 spiro atoms. The van der Waals surface area contributed by atoms with Crippen LogP contribution in [0.4, 0.5) is 0 Å². The summed E-state index contributed by atoms with van der Waals surface area (Å²) in [5.74, 6) is -0.123. The summed E-state index contributed by atoms with van der Waals surface area (Å²) in [5.41, 5.74) is 0. The van der Waals surface area contributed by atoms with Crippen LogP contribution < -0.4 is 0 Å². The van der Waals surface area contributed by atoms with Gasteiger partial charge in [0.2, 0.25) is 0 Å². The van der Waals surface area contributed by atoms with Crippen LogP contribution in [0, 0.1) is 9.41 Å². The molecule has 0 saturated carbocycles. The molecule has 1 aromatic heterocycles. The first-order valence-corrected chi connectivity index (χ1v) is 7.41. The van der Waals surface area contributed by atoms with E-state index in [0.29, 0.717) is 17.8 Å². The molecule has 0 aromatic carbocycles. The molecular formula is C13H20N2O2S2. The lowest BCUT2D eigenvalue weighted by atomic mass is 10.2. The summed E-state index contributed by atoms with van der Waals surface area (Å²) in [5, 5.41) is 0. The van der Waals surface area contributed by atoms with Gasteiger partial charge in [0.25, 0.3) is 0 Å². The molecule has 0 atom stereocenters. The van der Waals surface area contributed by atoms with Gasteiger partial charge < -0.3 is 14.3 Å². The van der Waals surface area contributed by atoms with E-state index in [0.717, 1.165) is 36.9 Å². The minimum Gasteiger partial charge on any atom is -0.466 e.